The molecular formula is C20H26N4OS. The van der Waals surface area contributed by atoms with Crippen molar-refractivity contribution >= 4 is 29.0 Å². The van der Waals surface area contributed by atoms with Gasteiger partial charge in [-0.2, -0.15) is 0 Å². The number of carbonyl (C=O) groups excluding carboxylic acids is 1. The van der Waals surface area contributed by atoms with Crippen molar-refractivity contribution in [1.82, 2.24) is 9.88 Å². The number of amides is 1. The van der Waals surface area contributed by atoms with Gasteiger partial charge in [0.2, 0.25) is 0 Å². The zero-order chi connectivity index (χ0) is 18.5. The number of hydrogen-bond acceptors (Lipinski definition) is 5. The predicted octanol–water partition coefficient (Wildman–Crippen LogP) is 3.59. The molecule has 0 spiro atoms. The summed E-state index contributed by atoms with van der Waals surface area (Å²) in [6.45, 7) is 8.70. The second-order valence-corrected chi connectivity index (χ2v) is 7.53. The van der Waals surface area contributed by atoms with Crippen molar-refractivity contribution in [2.24, 2.45) is 0 Å². The summed E-state index contributed by atoms with van der Waals surface area (Å²) < 4.78 is 0. The summed E-state index contributed by atoms with van der Waals surface area (Å²) in [6.07, 6.45) is 3.66. The van der Waals surface area contributed by atoms with Gasteiger partial charge in [-0.25, -0.2) is 4.98 Å². The van der Waals surface area contributed by atoms with E-state index in [0.29, 0.717) is 17.3 Å². The predicted molar refractivity (Wildman–Crippen MR) is 109 cm³/mol. The molecule has 1 aliphatic rings. The average molecular weight is 371 g/mol. The van der Waals surface area contributed by atoms with Crippen LogP contribution in [-0.4, -0.2) is 54.3 Å². The van der Waals surface area contributed by atoms with E-state index < -0.39 is 0 Å². The van der Waals surface area contributed by atoms with Gasteiger partial charge in [0, 0.05) is 43.5 Å². The highest BCUT2D eigenvalue weighted by molar-refractivity contribution is 7.98. The molecule has 0 saturated carbocycles. The molecule has 0 bridgehead atoms. The number of benzene rings is 1. The summed E-state index contributed by atoms with van der Waals surface area (Å²) >= 11 is 1.58. The SMILES string of the molecule is CSc1ccc(NC(=O)c2ccc(N3CCN(C(C)C)CC3)cc2)cn1. The number of pyridine rings is 1. The smallest absolute Gasteiger partial charge is 0.255 e. The first-order valence-corrected chi connectivity index (χ1v) is 10.2. The zero-order valence-corrected chi connectivity index (χ0v) is 16.4. The Morgan fingerprint density at radius 1 is 1.08 bits per heavy atom. The van der Waals surface area contributed by atoms with Crippen molar-refractivity contribution in [3.05, 3.63) is 48.2 Å². The molecule has 138 valence electrons. The third kappa shape index (κ3) is 4.56. The molecule has 1 saturated heterocycles. The molecule has 1 amide bonds. The highest BCUT2D eigenvalue weighted by Gasteiger charge is 2.19. The highest BCUT2D eigenvalue weighted by Crippen LogP contribution is 2.19. The lowest BCUT2D eigenvalue weighted by Gasteiger charge is -2.38. The van der Waals surface area contributed by atoms with Crippen LogP contribution in [0, 0.1) is 0 Å². The molecule has 1 N–H and O–H groups in total. The van der Waals surface area contributed by atoms with Crippen LogP contribution in [0.25, 0.3) is 0 Å². The van der Waals surface area contributed by atoms with Crippen molar-refractivity contribution in [1.29, 1.82) is 0 Å². The Hall–Kier alpha value is -2.05. The van der Waals surface area contributed by atoms with E-state index in [1.54, 1.807) is 18.0 Å². The fourth-order valence-corrected chi connectivity index (χ4v) is 3.46. The van der Waals surface area contributed by atoms with E-state index in [0.717, 1.165) is 31.2 Å². The van der Waals surface area contributed by atoms with Crippen LogP contribution in [0.2, 0.25) is 0 Å². The van der Waals surface area contributed by atoms with E-state index in [4.69, 9.17) is 0 Å². The molecule has 1 fully saturated rings. The number of thioether (sulfide) groups is 1. The van der Waals surface area contributed by atoms with Crippen molar-refractivity contribution in [3.8, 4) is 0 Å². The molecule has 5 nitrogen and oxygen atoms in total. The lowest BCUT2D eigenvalue weighted by atomic mass is 10.1. The first kappa shape index (κ1) is 18.7. The molecule has 0 atom stereocenters. The van der Waals surface area contributed by atoms with Gasteiger partial charge in [-0.3, -0.25) is 9.69 Å². The minimum Gasteiger partial charge on any atom is -0.369 e. The van der Waals surface area contributed by atoms with Gasteiger partial charge in [0.05, 0.1) is 16.9 Å². The van der Waals surface area contributed by atoms with Gasteiger partial charge in [-0.1, -0.05) is 0 Å². The second kappa shape index (κ2) is 8.56. The number of piperazine rings is 1. The van der Waals surface area contributed by atoms with Crippen LogP contribution < -0.4 is 10.2 Å². The number of aromatic nitrogens is 1. The molecule has 3 rings (SSSR count). The number of nitrogens with one attached hydrogen (secondary N) is 1. The van der Waals surface area contributed by atoms with Crippen LogP contribution >= 0.6 is 11.8 Å². The molecule has 0 unspecified atom stereocenters. The van der Waals surface area contributed by atoms with E-state index in [2.05, 4.69) is 33.9 Å². The summed E-state index contributed by atoms with van der Waals surface area (Å²) in [5.41, 5.74) is 2.54. The van der Waals surface area contributed by atoms with Gasteiger partial charge >= 0.3 is 0 Å². The van der Waals surface area contributed by atoms with E-state index in [9.17, 15) is 4.79 Å². The topological polar surface area (TPSA) is 48.5 Å². The molecule has 2 heterocycles. The number of rotatable bonds is 5. The standard InChI is InChI=1S/C20H26N4OS/c1-15(2)23-10-12-24(13-11-23)18-7-4-16(5-8-18)20(25)22-17-6-9-19(26-3)21-14-17/h4-9,14-15H,10-13H2,1-3H3,(H,22,25). The molecular weight excluding hydrogens is 344 g/mol. The Bertz CT molecular complexity index is 722. The molecule has 2 aromatic rings. The first-order chi connectivity index (χ1) is 12.6. The third-order valence-corrected chi connectivity index (χ3v) is 5.40. The highest BCUT2D eigenvalue weighted by atomic mass is 32.2. The summed E-state index contributed by atoms with van der Waals surface area (Å²) in [4.78, 5) is 21.6. The fraction of sp³-hybridized carbons (Fsp3) is 0.400. The lowest BCUT2D eigenvalue weighted by molar-refractivity contribution is 0.102. The Morgan fingerprint density at radius 3 is 2.31 bits per heavy atom. The van der Waals surface area contributed by atoms with Crippen LogP contribution in [0.4, 0.5) is 11.4 Å². The van der Waals surface area contributed by atoms with Crippen LogP contribution in [0.15, 0.2) is 47.6 Å². The Balaban J connectivity index is 1.59. The lowest BCUT2D eigenvalue weighted by Crippen LogP contribution is -2.48. The monoisotopic (exact) mass is 370 g/mol. The Labute approximate surface area is 159 Å². The number of nitrogens with zero attached hydrogens (tertiary/aromatic N) is 3. The average Bonchev–Trinajstić information content (AvgIpc) is 2.69. The summed E-state index contributed by atoms with van der Waals surface area (Å²) in [6, 6.07) is 12.2. The van der Waals surface area contributed by atoms with Crippen LogP contribution in [-0.2, 0) is 0 Å². The van der Waals surface area contributed by atoms with Crippen LogP contribution in [0.3, 0.4) is 0 Å². The molecule has 1 aromatic carbocycles. The largest absolute Gasteiger partial charge is 0.369 e. The normalized spacial score (nSPS) is 15.3. The zero-order valence-electron chi connectivity index (χ0n) is 15.6. The number of hydrogen-bond donors (Lipinski definition) is 1. The van der Waals surface area contributed by atoms with Crippen molar-refractivity contribution in [3.63, 3.8) is 0 Å². The molecule has 0 aliphatic carbocycles. The summed E-state index contributed by atoms with van der Waals surface area (Å²) in [7, 11) is 0. The minimum atomic E-state index is -0.111. The van der Waals surface area contributed by atoms with Crippen LogP contribution in [0.1, 0.15) is 24.2 Å². The van der Waals surface area contributed by atoms with Gasteiger partial charge in [-0.05, 0) is 56.5 Å². The van der Waals surface area contributed by atoms with Crippen LogP contribution in [0.5, 0.6) is 0 Å². The number of anilines is 2. The summed E-state index contributed by atoms with van der Waals surface area (Å²) in [5, 5.41) is 3.83. The molecule has 1 aliphatic heterocycles. The quantitative estimate of drug-likeness (QED) is 0.815. The maximum absolute atomic E-state index is 12.4. The molecule has 0 radical (unpaired) electrons. The maximum atomic E-state index is 12.4. The molecule has 6 heteroatoms. The second-order valence-electron chi connectivity index (χ2n) is 6.71. The van der Waals surface area contributed by atoms with Crippen molar-refractivity contribution in [2.75, 3.05) is 42.7 Å². The first-order valence-electron chi connectivity index (χ1n) is 8.97. The minimum absolute atomic E-state index is 0.111. The fourth-order valence-electron chi connectivity index (χ4n) is 3.10. The van der Waals surface area contributed by atoms with E-state index in [1.807, 2.05) is 42.7 Å². The number of carbonyl (C=O) groups is 1. The molecule has 1 aromatic heterocycles. The maximum Gasteiger partial charge on any atom is 0.255 e. The van der Waals surface area contributed by atoms with Gasteiger partial charge in [0.15, 0.2) is 0 Å². The van der Waals surface area contributed by atoms with E-state index in [-0.39, 0.29) is 5.91 Å². The van der Waals surface area contributed by atoms with Gasteiger partial charge in [0.25, 0.3) is 5.91 Å². The van der Waals surface area contributed by atoms with Gasteiger partial charge in [0.1, 0.15) is 0 Å². The third-order valence-electron chi connectivity index (χ3n) is 4.74. The molecule has 26 heavy (non-hydrogen) atoms. The van der Waals surface area contributed by atoms with Crippen molar-refractivity contribution < 1.29 is 4.79 Å². The Morgan fingerprint density at radius 2 is 1.77 bits per heavy atom. The van der Waals surface area contributed by atoms with Gasteiger partial charge in [-0.15, -0.1) is 11.8 Å². The van der Waals surface area contributed by atoms with E-state index >= 15 is 0 Å². The van der Waals surface area contributed by atoms with Gasteiger partial charge < -0.3 is 10.2 Å². The Kier molecular flexibility index (Phi) is 6.16. The van der Waals surface area contributed by atoms with E-state index in [1.165, 1.54) is 5.69 Å². The summed E-state index contributed by atoms with van der Waals surface area (Å²) in [5.74, 6) is -0.111. The van der Waals surface area contributed by atoms with Crippen molar-refractivity contribution in [2.45, 2.75) is 24.9 Å².